The van der Waals surface area contributed by atoms with Gasteiger partial charge in [0.1, 0.15) is 17.8 Å². The summed E-state index contributed by atoms with van der Waals surface area (Å²) in [5.41, 5.74) is 2.52. The van der Waals surface area contributed by atoms with Gasteiger partial charge in [-0.2, -0.15) is 5.26 Å². The summed E-state index contributed by atoms with van der Waals surface area (Å²) in [4.78, 5) is 44.0. The van der Waals surface area contributed by atoms with Crippen LogP contribution in [-0.4, -0.2) is 52.8 Å². The van der Waals surface area contributed by atoms with Crippen molar-refractivity contribution in [3.05, 3.63) is 35.5 Å². The molecule has 0 bridgehead atoms. The minimum Gasteiger partial charge on any atom is -0.356 e. The molecule has 3 N–H and O–H groups in total. The van der Waals surface area contributed by atoms with E-state index in [0.717, 1.165) is 10.9 Å². The topological polar surface area (TPSA) is 118 Å². The Morgan fingerprint density at radius 3 is 2.74 bits per heavy atom. The number of piperidine rings is 1. The Morgan fingerprint density at radius 1 is 1.31 bits per heavy atom. The highest BCUT2D eigenvalue weighted by Crippen LogP contribution is 2.65. The van der Waals surface area contributed by atoms with E-state index in [1.807, 2.05) is 18.2 Å². The van der Waals surface area contributed by atoms with Crippen molar-refractivity contribution in [2.75, 3.05) is 13.1 Å². The summed E-state index contributed by atoms with van der Waals surface area (Å²) in [6.45, 7) is 9.63. The fourth-order valence-corrected chi connectivity index (χ4v) is 6.30. The second-order valence-corrected chi connectivity index (χ2v) is 11.2. The molecule has 8 nitrogen and oxygen atoms in total. The quantitative estimate of drug-likeness (QED) is 0.595. The molecule has 3 amide bonds. The van der Waals surface area contributed by atoms with Crippen molar-refractivity contribution in [1.29, 1.82) is 5.26 Å². The SMILES string of the molecule is CC(C)c1cccc2[nH]c(C(=O)N3C[C@H]4[C@@H]([C@H]3C(=O)N[C@H](C#N)C[C@@H]3CCNC3=O)C4(C)C)cc12. The standard InChI is InChI=1S/C27H33N5O3/c1-14(2)17-6-5-7-20-18(17)11-21(31-20)26(35)32-13-19-22(27(19,3)4)23(32)25(34)30-16(12-28)10-15-8-9-29-24(15)33/h5-7,11,14-16,19,22-23,31H,8-10,13H2,1-4H3,(H,29,33)(H,30,34)/t15-,16-,19-,22-,23-/m0/s1. The van der Waals surface area contributed by atoms with E-state index in [1.54, 1.807) is 4.90 Å². The smallest absolute Gasteiger partial charge is 0.271 e. The molecule has 35 heavy (non-hydrogen) atoms. The maximum Gasteiger partial charge on any atom is 0.271 e. The van der Waals surface area contributed by atoms with Crippen LogP contribution in [-0.2, 0) is 9.59 Å². The van der Waals surface area contributed by atoms with Crippen molar-refractivity contribution in [3.8, 4) is 6.07 Å². The molecular formula is C27H33N5O3. The van der Waals surface area contributed by atoms with Crippen LogP contribution >= 0.6 is 0 Å². The third-order valence-corrected chi connectivity index (χ3v) is 8.44. The predicted octanol–water partition coefficient (Wildman–Crippen LogP) is 2.92. The number of fused-ring (bicyclic) bond motifs is 2. The van der Waals surface area contributed by atoms with Crippen LogP contribution in [0.3, 0.4) is 0 Å². The third-order valence-electron chi connectivity index (χ3n) is 8.44. The van der Waals surface area contributed by atoms with E-state index in [1.165, 1.54) is 5.56 Å². The van der Waals surface area contributed by atoms with Gasteiger partial charge in [0, 0.05) is 29.9 Å². The number of hydrogen-bond acceptors (Lipinski definition) is 4. The predicted molar refractivity (Wildman–Crippen MR) is 131 cm³/mol. The van der Waals surface area contributed by atoms with Crippen LogP contribution in [0.1, 0.15) is 62.5 Å². The summed E-state index contributed by atoms with van der Waals surface area (Å²) in [5.74, 6) is -0.215. The lowest BCUT2D eigenvalue weighted by Crippen LogP contribution is -2.52. The minimum absolute atomic E-state index is 0.0302. The molecule has 8 heteroatoms. The molecule has 0 unspecified atom stereocenters. The van der Waals surface area contributed by atoms with Crippen molar-refractivity contribution >= 4 is 28.6 Å². The fraction of sp³-hybridized carbons (Fsp3) is 0.556. The number of aromatic amines is 1. The Labute approximate surface area is 205 Å². The van der Waals surface area contributed by atoms with Crippen molar-refractivity contribution < 1.29 is 14.4 Å². The molecular weight excluding hydrogens is 442 g/mol. The lowest BCUT2D eigenvalue weighted by atomic mass is 9.97. The van der Waals surface area contributed by atoms with Crippen LogP contribution < -0.4 is 10.6 Å². The molecule has 1 aromatic carbocycles. The van der Waals surface area contributed by atoms with E-state index in [0.29, 0.717) is 31.1 Å². The molecule has 1 saturated carbocycles. The van der Waals surface area contributed by atoms with Crippen molar-refractivity contribution in [3.63, 3.8) is 0 Å². The van der Waals surface area contributed by atoms with Gasteiger partial charge in [0.15, 0.2) is 0 Å². The van der Waals surface area contributed by atoms with E-state index in [4.69, 9.17) is 0 Å². The zero-order chi connectivity index (χ0) is 25.1. The van der Waals surface area contributed by atoms with Crippen LogP contribution in [0.5, 0.6) is 0 Å². The second-order valence-electron chi connectivity index (χ2n) is 11.2. The Balaban J connectivity index is 1.38. The van der Waals surface area contributed by atoms with Gasteiger partial charge in [-0.25, -0.2) is 0 Å². The van der Waals surface area contributed by atoms with Gasteiger partial charge in [-0.05, 0) is 53.7 Å². The average Bonchev–Trinajstić information content (AvgIpc) is 3.33. The molecule has 5 atom stereocenters. The highest BCUT2D eigenvalue weighted by atomic mass is 16.2. The van der Waals surface area contributed by atoms with Crippen LogP contribution in [0.2, 0.25) is 0 Å². The molecule has 2 aromatic rings. The minimum atomic E-state index is -0.768. The Morgan fingerprint density at radius 2 is 2.09 bits per heavy atom. The number of likely N-dealkylation sites (tertiary alicyclic amines) is 1. The highest BCUT2D eigenvalue weighted by molar-refractivity contribution is 6.01. The Bertz CT molecular complexity index is 1240. The number of nitrogens with one attached hydrogen (secondary N) is 3. The van der Waals surface area contributed by atoms with E-state index in [-0.39, 0.29) is 47.3 Å². The summed E-state index contributed by atoms with van der Waals surface area (Å²) >= 11 is 0. The van der Waals surface area contributed by atoms with Crippen molar-refractivity contribution in [1.82, 2.24) is 20.5 Å². The van der Waals surface area contributed by atoms with Gasteiger partial charge in [0.25, 0.3) is 5.91 Å². The Kier molecular flexibility index (Phi) is 5.62. The average molecular weight is 476 g/mol. The third kappa shape index (κ3) is 3.87. The molecule has 3 heterocycles. The van der Waals surface area contributed by atoms with Gasteiger partial charge < -0.3 is 20.5 Å². The number of H-pyrrole nitrogens is 1. The van der Waals surface area contributed by atoms with Gasteiger partial charge >= 0.3 is 0 Å². The zero-order valence-corrected chi connectivity index (χ0v) is 20.7. The first-order valence-electron chi connectivity index (χ1n) is 12.5. The molecule has 3 aliphatic rings. The first-order chi connectivity index (χ1) is 16.6. The van der Waals surface area contributed by atoms with E-state index in [9.17, 15) is 19.6 Å². The van der Waals surface area contributed by atoms with E-state index >= 15 is 0 Å². The molecule has 3 fully saturated rings. The van der Waals surface area contributed by atoms with Gasteiger partial charge in [-0.3, -0.25) is 14.4 Å². The summed E-state index contributed by atoms with van der Waals surface area (Å²) in [5, 5.41) is 16.3. The Hall–Kier alpha value is -3.34. The number of nitrogens with zero attached hydrogens (tertiary/aromatic N) is 2. The highest BCUT2D eigenvalue weighted by Gasteiger charge is 2.69. The van der Waals surface area contributed by atoms with Crippen molar-refractivity contribution in [2.24, 2.45) is 23.2 Å². The number of nitriles is 1. The number of hydrogen-bond donors (Lipinski definition) is 3. The lowest BCUT2D eigenvalue weighted by molar-refractivity contribution is -0.127. The number of benzene rings is 1. The fourth-order valence-electron chi connectivity index (χ4n) is 6.30. The summed E-state index contributed by atoms with van der Waals surface area (Å²) in [6.07, 6.45) is 0.948. The van der Waals surface area contributed by atoms with Crippen molar-refractivity contribution in [2.45, 2.75) is 58.5 Å². The number of amides is 3. The van der Waals surface area contributed by atoms with Gasteiger partial charge in [-0.15, -0.1) is 0 Å². The zero-order valence-electron chi connectivity index (χ0n) is 20.7. The summed E-state index contributed by atoms with van der Waals surface area (Å²) in [7, 11) is 0. The van der Waals surface area contributed by atoms with Crippen LogP contribution in [0.25, 0.3) is 10.9 Å². The number of carbonyl (C=O) groups is 3. The molecule has 2 saturated heterocycles. The van der Waals surface area contributed by atoms with Gasteiger partial charge in [0.2, 0.25) is 11.8 Å². The monoisotopic (exact) mass is 475 g/mol. The molecule has 0 radical (unpaired) electrons. The molecule has 5 rings (SSSR count). The normalized spacial score (nSPS) is 27.4. The number of rotatable bonds is 6. The summed E-state index contributed by atoms with van der Waals surface area (Å²) in [6, 6.07) is 8.66. The van der Waals surface area contributed by atoms with Crippen LogP contribution in [0.4, 0.5) is 0 Å². The van der Waals surface area contributed by atoms with E-state index < -0.39 is 12.1 Å². The largest absolute Gasteiger partial charge is 0.356 e. The summed E-state index contributed by atoms with van der Waals surface area (Å²) < 4.78 is 0. The number of aromatic nitrogens is 1. The maximum absolute atomic E-state index is 13.7. The second kappa shape index (κ2) is 8.40. The first kappa shape index (κ1) is 23.4. The molecule has 1 aliphatic carbocycles. The first-order valence-corrected chi connectivity index (χ1v) is 12.5. The molecule has 184 valence electrons. The molecule has 0 spiro atoms. The lowest BCUT2D eigenvalue weighted by Gasteiger charge is -2.30. The van der Waals surface area contributed by atoms with Gasteiger partial charge in [-0.1, -0.05) is 39.8 Å². The molecule has 2 aliphatic heterocycles. The van der Waals surface area contributed by atoms with Gasteiger partial charge in [0.05, 0.1) is 6.07 Å². The van der Waals surface area contributed by atoms with Crippen LogP contribution in [0.15, 0.2) is 24.3 Å². The molecule has 1 aromatic heterocycles. The maximum atomic E-state index is 13.7. The van der Waals surface area contributed by atoms with Crippen LogP contribution in [0, 0.1) is 34.5 Å². The van der Waals surface area contributed by atoms with E-state index in [2.05, 4.69) is 55.4 Å². The number of carbonyl (C=O) groups excluding carboxylic acids is 3.